The molecule has 0 aliphatic rings. The second-order valence-electron chi connectivity index (χ2n) is 4.28. The molecule has 0 fully saturated rings. The average molecular weight is 249 g/mol. The van der Waals surface area contributed by atoms with Crippen LogP contribution in [0.15, 0.2) is 24.3 Å². The van der Waals surface area contributed by atoms with Gasteiger partial charge in [0.15, 0.2) is 0 Å². The van der Waals surface area contributed by atoms with Crippen molar-refractivity contribution in [1.29, 1.82) is 0 Å². The minimum absolute atomic E-state index is 0.154. The van der Waals surface area contributed by atoms with Crippen molar-refractivity contribution >= 4 is 11.9 Å². The topological polar surface area (TPSA) is 66.4 Å². The number of amides is 1. The van der Waals surface area contributed by atoms with Crippen LogP contribution in [0.2, 0.25) is 0 Å². The Labute approximate surface area is 107 Å². The summed E-state index contributed by atoms with van der Waals surface area (Å²) in [5.74, 6) is -0.648. The van der Waals surface area contributed by atoms with Crippen molar-refractivity contribution in [3.63, 3.8) is 0 Å². The third-order valence-electron chi connectivity index (χ3n) is 3.10. The molecule has 1 aromatic rings. The predicted molar refractivity (Wildman–Crippen MR) is 69.8 cm³/mol. The highest BCUT2D eigenvalue weighted by Crippen LogP contribution is 2.07. The molecule has 0 bridgehead atoms. The van der Waals surface area contributed by atoms with Gasteiger partial charge in [0.1, 0.15) is 0 Å². The third-order valence-corrected chi connectivity index (χ3v) is 3.10. The summed E-state index contributed by atoms with van der Waals surface area (Å²) >= 11 is 0. The molecule has 98 valence electrons. The summed E-state index contributed by atoms with van der Waals surface area (Å²) in [5, 5.41) is 11.6. The van der Waals surface area contributed by atoms with E-state index in [1.54, 1.807) is 0 Å². The number of carboxylic acid groups (broad SMARTS) is 1. The molecule has 0 saturated heterocycles. The van der Waals surface area contributed by atoms with Crippen LogP contribution in [0.5, 0.6) is 0 Å². The number of benzene rings is 1. The smallest absolute Gasteiger partial charge is 0.335 e. The van der Waals surface area contributed by atoms with Gasteiger partial charge in [-0.25, -0.2) is 4.79 Å². The molecule has 0 unspecified atom stereocenters. The van der Waals surface area contributed by atoms with E-state index in [2.05, 4.69) is 19.2 Å². The highest BCUT2D eigenvalue weighted by atomic mass is 16.4. The van der Waals surface area contributed by atoms with Gasteiger partial charge in [0.25, 0.3) is 5.91 Å². The van der Waals surface area contributed by atoms with Crippen LogP contribution in [0.1, 0.15) is 47.4 Å². The van der Waals surface area contributed by atoms with Gasteiger partial charge in [0, 0.05) is 12.1 Å². The Kier molecular flexibility index (Phi) is 5.36. The molecular weight excluding hydrogens is 230 g/mol. The van der Waals surface area contributed by atoms with Crippen molar-refractivity contribution in [1.82, 2.24) is 5.32 Å². The Morgan fingerprint density at radius 1 is 1.11 bits per heavy atom. The summed E-state index contributed by atoms with van der Waals surface area (Å²) in [6.07, 6.45) is 2.07. The molecule has 0 atom stereocenters. The highest BCUT2D eigenvalue weighted by Gasteiger charge is 2.09. The lowest BCUT2D eigenvalue weighted by molar-refractivity contribution is 0.0696. The number of nitrogens with one attached hydrogen (secondary N) is 1. The molecule has 0 saturated carbocycles. The van der Waals surface area contributed by atoms with Crippen LogP contribution in [0.25, 0.3) is 0 Å². The molecule has 0 aromatic heterocycles. The molecule has 2 N–H and O–H groups in total. The quantitative estimate of drug-likeness (QED) is 0.814. The molecule has 0 radical (unpaired) electrons. The normalized spacial score (nSPS) is 10.4. The Hall–Kier alpha value is -1.84. The first-order valence-electron chi connectivity index (χ1n) is 6.20. The van der Waals surface area contributed by atoms with E-state index in [0.717, 1.165) is 12.8 Å². The number of hydrogen-bond acceptors (Lipinski definition) is 2. The average Bonchev–Trinajstić information content (AvgIpc) is 2.39. The summed E-state index contributed by atoms with van der Waals surface area (Å²) in [6.45, 7) is 4.86. The summed E-state index contributed by atoms with van der Waals surface area (Å²) < 4.78 is 0. The number of hydrogen-bond donors (Lipinski definition) is 2. The molecule has 0 aliphatic heterocycles. The fraction of sp³-hybridized carbons (Fsp3) is 0.429. The molecule has 1 amide bonds. The molecule has 4 heteroatoms. The second-order valence-corrected chi connectivity index (χ2v) is 4.28. The summed E-state index contributed by atoms with van der Waals surface area (Å²) in [4.78, 5) is 22.5. The first kappa shape index (κ1) is 14.2. The Morgan fingerprint density at radius 3 is 2.06 bits per heavy atom. The van der Waals surface area contributed by atoms with Crippen molar-refractivity contribution in [2.24, 2.45) is 5.92 Å². The van der Waals surface area contributed by atoms with E-state index in [1.807, 2.05) is 0 Å². The first-order chi connectivity index (χ1) is 8.58. The molecule has 0 heterocycles. The fourth-order valence-corrected chi connectivity index (χ4v) is 1.68. The van der Waals surface area contributed by atoms with Crippen LogP contribution >= 0.6 is 0 Å². The monoisotopic (exact) mass is 249 g/mol. The van der Waals surface area contributed by atoms with Gasteiger partial charge in [-0.15, -0.1) is 0 Å². The zero-order valence-corrected chi connectivity index (χ0v) is 10.8. The van der Waals surface area contributed by atoms with Gasteiger partial charge in [-0.2, -0.15) is 0 Å². The molecule has 0 spiro atoms. The summed E-state index contributed by atoms with van der Waals surface area (Å²) in [7, 11) is 0. The maximum absolute atomic E-state index is 11.8. The number of carbonyl (C=O) groups is 2. The molecule has 1 aromatic carbocycles. The van der Waals surface area contributed by atoms with Crippen LogP contribution in [-0.4, -0.2) is 23.5 Å². The van der Waals surface area contributed by atoms with Crippen molar-refractivity contribution < 1.29 is 14.7 Å². The van der Waals surface area contributed by atoms with Crippen LogP contribution in [0, 0.1) is 5.92 Å². The first-order valence-corrected chi connectivity index (χ1v) is 6.20. The van der Waals surface area contributed by atoms with Crippen molar-refractivity contribution in [3.8, 4) is 0 Å². The molecule has 18 heavy (non-hydrogen) atoms. The lowest BCUT2D eigenvalue weighted by Crippen LogP contribution is -2.28. The van der Waals surface area contributed by atoms with Crippen LogP contribution in [-0.2, 0) is 0 Å². The van der Waals surface area contributed by atoms with Gasteiger partial charge in [-0.3, -0.25) is 4.79 Å². The number of carboxylic acids is 1. The summed E-state index contributed by atoms with van der Waals surface area (Å²) in [5.41, 5.74) is 0.678. The molecular formula is C14H19NO3. The number of carbonyl (C=O) groups excluding carboxylic acids is 1. The van der Waals surface area contributed by atoms with Crippen molar-refractivity contribution in [2.75, 3.05) is 6.54 Å². The second kappa shape index (κ2) is 6.79. The molecule has 0 aliphatic carbocycles. The van der Waals surface area contributed by atoms with E-state index in [-0.39, 0.29) is 11.5 Å². The highest BCUT2D eigenvalue weighted by molar-refractivity contribution is 5.95. The Morgan fingerprint density at radius 2 is 1.61 bits per heavy atom. The third kappa shape index (κ3) is 3.87. The standard InChI is InChI=1S/C14H19NO3/c1-3-10(4-2)9-15-13(16)11-5-7-12(8-6-11)14(17)18/h5-8,10H,3-4,9H2,1-2H3,(H,15,16)(H,17,18). The van der Waals surface area contributed by atoms with Gasteiger partial charge in [0.2, 0.25) is 0 Å². The van der Waals surface area contributed by atoms with Crippen LogP contribution < -0.4 is 5.32 Å². The van der Waals surface area contributed by atoms with E-state index in [1.165, 1.54) is 24.3 Å². The zero-order valence-electron chi connectivity index (χ0n) is 10.8. The van der Waals surface area contributed by atoms with Crippen molar-refractivity contribution in [3.05, 3.63) is 35.4 Å². The lowest BCUT2D eigenvalue weighted by atomic mass is 10.0. The largest absolute Gasteiger partial charge is 0.478 e. The SMILES string of the molecule is CCC(CC)CNC(=O)c1ccc(C(=O)O)cc1. The fourth-order valence-electron chi connectivity index (χ4n) is 1.68. The van der Waals surface area contributed by atoms with Gasteiger partial charge in [-0.05, 0) is 30.2 Å². The van der Waals surface area contributed by atoms with E-state index >= 15 is 0 Å². The maximum Gasteiger partial charge on any atom is 0.335 e. The Balaban J connectivity index is 2.59. The molecule has 4 nitrogen and oxygen atoms in total. The van der Waals surface area contributed by atoms with Gasteiger partial charge in [0.05, 0.1) is 5.56 Å². The van der Waals surface area contributed by atoms with E-state index in [9.17, 15) is 9.59 Å². The van der Waals surface area contributed by atoms with E-state index in [0.29, 0.717) is 18.0 Å². The lowest BCUT2D eigenvalue weighted by Gasteiger charge is -2.13. The number of aromatic carboxylic acids is 1. The molecule has 1 rings (SSSR count). The summed E-state index contributed by atoms with van der Waals surface area (Å²) in [6, 6.07) is 5.94. The predicted octanol–water partition coefficient (Wildman–Crippen LogP) is 2.55. The van der Waals surface area contributed by atoms with Crippen LogP contribution in [0.3, 0.4) is 0 Å². The van der Waals surface area contributed by atoms with Crippen molar-refractivity contribution in [2.45, 2.75) is 26.7 Å². The van der Waals surface area contributed by atoms with Gasteiger partial charge < -0.3 is 10.4 Å². The maximum atomic E-state index is 11.8. The minimum Gasteiger partial charge on any atom is -0.478 e. The minimum atomic E-state index is -0.987. The van der Waals surface area contributed by atoms with E-state index in [4.69, 9.17) is 5.11 Å². The van der Waals surface area contributed by atoms with E-state index < -0.39 is 5.97 Å². The number of rotatable bonds is 6. The van der Waals surface area contributed by atoms with Gasteiger partial charge >= 0.3 is 5.97 Å². The van der Waals surface area contributed by atoms with Crippen LogP contribution in [0.4, 0.5) is 0 Å². The Bertz CT molecular complexity index is 408. The zero-order chi connectivity index (χ0) is 13.5. The van der Waals surface area contributed by atoms with Gasteiger partial charge in [-0.1, -0.05) is 26.7 Å².